The minimum atomic E-state index is 0.425. The standard InChI is InChI=1S/C14H15ClN2O2/c15-12-7-14(10-17-9-12)19-5-4-18-13-3-1-2-11(6-13)8-16/h1-3,6-7,9-10H,4-5,8,16H2. The third-order valence-corrected chi connectivity index (χ3v) is 2.64. The van der Waals surface area contributed by atoms with E-state index in [-0.39, 0.29) is 0 Å². The fraction of sp³-hybridized carbons (Fsp3) is 0.214. The van der Waals surface area contributed by atoms with Crippen LogP contribution in [0.2, 0.25) is 5.02 Å². The Kier molecular flexibility index (Phi) is 5.01. The highest BCUT2D eigenvalue weighted by Crippen LogP contribution is 2.15. The smallest absolute Gasteiger partial charge is 0.139 e. The molecule has 0 saturated heterocycles. The SMILES string of the molecule is NCc1cccc(OCCOc2cncc(Cl)c2)c1. The minimum Gasteiger partial charge on any atom is -0.490 e. The van der Waals surface area contributed by atoms with Crippen molar-refractivity contribution in [3.63, 3.8) is 0 Å². The zero-order valence-electron chi connectivity index (χ0n) is 10.4. The Morgan fingerprint density at radius 1 is 1.05 bits per heavy atom. The summed E-state index contributed by atoms with van der Waals surface area (Å²) in [6.45, 7) is 1.37. The number of nitrogens with zero attached hydrogens (tertiary/aromatic N) is 1. The van der Waals surface area contributed by atoms with Crippen LogP contribution in [0.5, 0.6) is 11.5 Å². The van der Waals surface area contributed by atoms with Crippen LogP contribution in [-0.4, -0.2) is 18.2 Å². The van der Waals surface area contributed by atoms with E-state index >= 15 is 0 Å². The number of rotatable bonds is 6. The molecule has 1 aromatic heterocycles. The van der Waals surface area contributed by atoms with E-state index in [9.17, 15) is 0 Å². The first-order chi connectivity index (χ1) is 9.28. The molecule has 2 aromatic rings. The highest BCUT2D eigenvalue weighted by atomic mass is 35.5. The molecule has 5 heteroatoms. The Morgan fingerprint density at radius 3 is 2.58 bits per heavy atom. The van der Waals surface area contributed by atoms with Gasteiger partial charge in [-0.05, 0) is 17.7 Å². The highest BCUT2D eigenvalue weighted by Gasteiger charge is 1.98. The van der Waals surface area contributed by atoms with Gasteiger partial charge in [-0.2, -0.15) is 0 Å². The first kappa shape index (κ1) is 13.6. The summed E-state index contributed by atoms with van der Waals surface area (Å²) in [6, 6.07) is 9.39. The lowest BCUT2D eigenvalue weighted by Crippen LogP contribution is -2.09. The van der Waals surface area contributed by atoms with Crippen molar-refractivity contribution in [2.24, 2.45) is 5.73 Å². The molecule has 0 bridgehead atoms. The predicted molar refractivity (Wildman–Crippen MR) is 74.6 cm³/mol. The maximum absolute atomic E-state index is 5.80. The number of hydrogen-bond donors (Lipinski definition) is 1. The van der Waals surface area contributed by atoms with E-state index in [0.717, 1.165) is 11.3 Å². The first-order valence-corrected chi connectivity index (χ1v) is 6.31. The van der Waals surface area contributed by atoms with Crippen LogP contribution in [0.1, 0.15) is 5.56 Å². The second-order valence-electron chi connectivity index (χ2n) is 3.89. The minimum absolute atomic E-state index is 0.425. The number of halogens is 1. The van der Waals surface area contributed by atoms with Gasteiger partial charge >= 0.3 is 0 Å². The first-order valence-electron chi connectivity index (χ1n) is 5.93. The summed E-state index contributed by atoms with van der Waals surface area (Å²) in [4.78, 5) is 3.93. The molecule has 2 N–H and O–H groups in total. The Bertz CT molecular complexity index is 534. The van der Waals surface area contributed by atoms with Crippen molar-refractivity contribution in [3.05, 3.63) is 53.3 Å². The molecule has 19 heavy (non-hydrogen) atoms. The van der Waals surface area contributed by atoms with E-state index in [1.54, 1.807) is 18.5 Å². The lowest BCUT2D eigenvalue weighted by molar-refractivity contribution is 0.216. The summed E-state index contributed by atoms with van der Waals surface area (Å²) < 4.78 is 11.0. The Morgan fingerprint density at radius 2 is 1.84 bits per heavy atom. The summed E-state index contributed by atoms with van der Waals surface area (Å²) in [5.41, 5.74) is 6.60. The van der Waals surface area contributed by atoms with Gasteiger partial charge in [-0.1, -0.05) is 23.7 Å². The molecule has 0 unspecified atom stereocenters. The Hall–Kier alpha value is -1.78. The van der Waals surface area contributed by atoms with Gasteiger partial charge in [0.05, 0.1) is 11.2 Å². The van der Waals surface area contributed by atoms with Crippen molar-refractivity contribution in [1.82, 2.24) is 4.98 Å². The maximum Gasteiger partial charge on any atom is 0.139 e. The van der Waals surface area contributed by atoms with Crippen molar-refractivity contribution >= 4 is 11.6 Å². The quantitative estimate of drug-likeness (QED) is 0.826. The zero-order valence-corrected chi connectivity index (χ0v) is 11.1. The molecule has 4 nitrogen and oxygen atoms in total. The molecule has 1 heterocycles. The van der Waals surface area contributed by atoms with Crippen LogP contribution < -0.4 is 15.2 Å². The molecule has 0 aliphatic heterocycles. The molecule has 0 atom stereocenters. The van der Waals surface area contributed by atoms with Crippen LogP contribution in [0.3, 0.4) is 0 Å². The summed E-state index contributed by atoms with van der Waals surface area (Å²) in [6.07, 6.45) is 3.17. The van der Waals surface area contributed by atoms with Crippen LogP contribution in [0, 0.1) is 0 Å². The molecule has 0 radical (unpaired) electrons. The van der Waals surface area contributed by atoms with E-state index < -0.39 is 0 Å². The van der Waals surface area contributed by atoms with Crippen molar-refractivity contribution in [2.75, 3.05) is 13.2 Å². The molecule has 0 amide bonds. The van der Waals surface area contributed by atoms with Crippen LogP contribution in [0.4, 0.5) is 0 Å². The van der Waals surface area contributed by atoms with E-state index in [4.69, 9.17) is 26.8 Å². The van der Waals surface area contributed by atoms with Crippen molar-refractivity contribution < 1.29 is 9.47 Å². The summed E-state index contributed by atoms with van der Waals surface area (Å²) in [5.74, 6) is 1.42. The highest BCUT2D eigenvalue weighted by molar-refractivity contribution is 6.30. The van der Waals surface area contributed by atoms with Gasteiger partial charge in [0.25, 0.3) is 0 Å². The summed E-state index contributed by atoms with van der Waals surface area (Å²) in [7, 11) is 0. The molecule has 0 aliphatic carbocycles. The lowest BCUT2D eigenvalue weighted by atomic mass is 10.2. The van der Waals surface area contributed by atoms with Gasteiger partial charge in [-0.3, -0.25) is 4.98 Å². The van der Waals surface area contributed by atoms with E-state index in [1.807, 2.05) is 24.3 Å². The predicted octanol–water partition coefficient (Wildman–Crippen LogP) is 2.65. The third-order valence-electron chi connectivity index (χ3n) is 2.43. The Balaban J connectivity index is 1.77. The average Bonchev–Trinajstić information content (AvgIpc) is 2.44. The van der Waals surface area contributed by atoms with Crippen LogP contribution in [0.15, 0.2) is 42.7 Å². The number of benzene rings is 1. The fourth-order valence-corrected chi connectivity index (χ4v) is 1.72. The van der Waals surface area contributed by atoms with Gasteiger partial charge in [-0.15, -0.1) is 0 Å². The van der Waals surface area contributed by atoms with E-state index in [0.29, 0.717) is 30.5 Å². The monoisotopic (exact) mass is 278 g/mol. The van der Waals surface area contributed by atoms with Crippen LogP contribution in [0.25, 0.3) is 0 Å². The second kappa shape index (κ2) is 6.97. The van der Waals surface area contributed by atoms with Gasteiger partial charge < -0.3 is 15.2 Å². The number of pyridine rings is 1. The average molecular weight is 279 g/mol. The molecule has 0 saturated carbocycles. The van der Waals surface area contributed by atoms with Gasteiger partial charge in [0.1, 0.15) is 24.7 Å². The second-order valence-corrected chi connectivity index (χ2v) is 4.32. The van der Waals surface area contributed by atoms with Crippen molar-refractivity contribution in [1.29, 1.82) is 0 Å². The molecule has 0 spiro atoms. The third kappa shape index (κ3) is 4.43. The molecule has 1 aromatic carbocycles. The van der Waals surface area contributed by atoms with Gasteiger partial charge in [-0.25, -0.2) is 0 Å². The van der Waals surface area contributed by atoms with Crippen molar-refractivity contribution in [3.8, 4) is 11.5 Å². The van der Waals surface area contributed by atoms with Crippen molar-refractivity contribution in [2.45, 2.75) is 6.54 Å². The number of ether oxygens (including phenoxy) is 2. The lowest BCUT2D eigenvalue weighted by Gasteiger charge is -2.09. The molecule has 0 fully saturated rings. The fourth-order valence-electron chi connectivity index (χ4n) is 1.55. The molecular formula is C14H15ClN2O2. The maximum atomic E-state index is 5.80. The number of hydrogen-bond acceptors (Lipinski definition) is 4. The molecular weight excluding hydrogens is 264 g/mol. The van der Waals surface area contributed by atoms with Gasteiger partial charge in [0.15, 0.2) is 0 Å². The summed E-state index contributed by atoms with van der Waals surface area (Å²) >= 11 is 5.80. The van der Waals surface area contributed by atoms with Gasteiger partial charge in [0, 0.05) is 18.8 Å². The number of nitrogens with two attached hydrogens (primary N) is 1. The topological polar surface area (TPSA) is 57.4 Å². The summed E-state index contributed by atoms with van der Waals surface area (Å²) in [5, 5.41) is 0.550. The molecule has 100 valence electrons. The molecule has 2 rings (SSSR count). The zero-order chi connectivity index (χ0) is 13.5. The van der Waals surface area contributed by atoms with Gasteiger partial charge in [0.2, 0.25) is 0 Å². The Labute approximate surface area is 117 Å². The van der Waals surface area contributed by atoms with Crippen LogP contribution >= 0.6 is 11.6 Å². The van der Waals surface area contributed by atoms with E-state index in [2.05, 4.69) is 4.98 Å². The normalized spacial score (nSPS) is 10.2. The number of aromatic nitrogens is 1. The van der Waals surface area contributed by atoms with Crippen LogP contribution in [-0.2, 0) is 6.54 Å². The molecule has 0 aliphatic rings. The largest absolute Gasteiger partial charge is 0.490 e. The van der Waals surface area contributed by atoms with E-state index in [1.165, 1.54) is 0 Å².